The van der Waals surface area contributed by atoms with Gasteiger partial charge in [-0.3, -0.25) is 0 Å². The Morgan fingerprint density at radius 1 is 1.50 bits per heavy atom. The monoisotopic (exact) mass is 264 g/mol. The first-order valence-corrected chi connectivity index (χ1v) is 6.40. The summed E-state index contributed by atoms with van der Waals surface area (Å²) < 4.78 is 0. The van der Waals surface area contributed by atoms with E-state index in [1.165, 1.54) is 18.1 Å². The number of H-pyrrole nitrogens is 1. The molecule has 0 aliphatic rings. The number of carbonyl (C=O) groups is 1. The van der Waals surface area contributed by atoms with Crippen LogP contribution in [0, 0.1) is 0 Å². The van der Waals surface area contributed by atoms with E-state index in [1.54, 1.807) is 12.4 Å². The van der Waals surface area contributed by atoms with Crippen LogP contribution in [0.15, 0.2) is 29.3 Å². The lowest BCUT2D eigenvalue weighted by Crippen LogP contribution is -1.99. The highest BCUT2D eigenvalue weighted by atomic mass is 32.2. The van der Waals surface area contributed by atoms with Crippen LogP contribution in [-0.4, -0.2) is 36.8 Å². The van der Waals surface area contributed by atoms with Gasteiger partial charge in [0.25, 0.3) is 0 Å². The number of aromatic amines is 1. The molecule has 0 spiro atoms. The number of nitrogens with one attached hydrogen (secondary N) is 1. The molecule has 0 atom stereocenters. The number of aromatic nitrogens is 4. The zero-order chi connectivity index (χ0) is 13.0. The molecule has 0 aliphatic heterocycles. The van der Waals surface area contributed by atoms with Gasteiger partial charge in [-0.05, 0) is 6.42 Å². The molecule has 2 rings (SSSR count). The summed E-state index contributed by atoms with van der Waals surface area (Å²) in [5.74, 6) is -0.312. The van der Waals surface area contributed by atoms with Gasteiger partial charge in [0.1, 0.15) is 16.9 Å². The van der Waals surface area contributed by atoms with Crippen LogP contribution in [0.25, 0.3) is 11.2 Å². The van der Waals surface area contributed by atoms with E-state index in [2.05, 4.69) is 19.9 Å². The third-order valence-corrected chi connectivity index (χ3v) is 3.31. The summed E-state index contributed by atoms with van der Waals surface area (Å²) in [6, 6.07) is 0. The largest absolute Gasteiger partial charge is 0.478 e. The van der Waals surface area contributed by atoms with Gasteiger partial charge in [-0.15, -0.1) is 0 Å². The van der Waals surface area contributed by atoms with Gasteiger partial charge in [0.15, 0.2) is 5.65 Å². The molecule has 0 unspecified atom stereocenters. The quantitative estimate of drug-likeness (QED) is 0.486. The van der Waals surface area contributed by atoms with Crippen LogP contribution < -0.4 is 0 Å². The van der Waals surface area contributed by atoms with E-state index in [0.717, 1.165) is 10.5 Å². The van der Waals surface area contributed by atoms with Gasteiger partial charge in [0, 0.05) is 11.3 Å². The Morgan fingerprint density at radius 3 is 3.06 bits per heavy atom. The van der Waals surface area contributed by atoms with Crippen molar-refractivity contribution in [1.82, 2.24) is 19.9 Å². The van der Waals surface area contributed by atoms with Crippen LogP contribution in [0.3, 0.4) is 0 Å². The molecule has 0 radical (unpaired) electrons. The summed E-state index contributed by atoms with van der Waals surface area (Å²) in [5, 5.41) is 9.66. The molecule has 0 fully saturated rings. The van der Waals surface area contributed by atoms with E-state index in [4.69, 9.17) is 5.11 Å². The summed E-state index contributed by atoms with van der Waals surface area (Å²) in [5.41, 5.74) is 1.81. The van der Waals surface area contributed by atoms with Crippen LogP contribution in [0.4, 0.5) is 0 Å². The van der Waals surface area contributed by atoms with Crippen LogP contribution in [0.2, 0.25) is 0 Å². The van der Waals surface area contributed by atoms with Gasteiger partial charge in [0.05, 0.1) is 6.33 Å². The molecule has 94 valence electrons. The molecule has 18 heavy (non-hydrogen) atoms. The molecule has 6 nitrogen and oxygen atoms in total. The number of aliphatic carboxylic acids is 1. The third-order valence-electron chi connectivity index (χ3n) is 2.39. The average Bonchev–Trinajstić information content (AvgIpc) is 2.83. The second kappa shape index (κ2) is 5.63. The maximum absolute atomic E-state index is 10.8. The second-order valence-corrected chi connectivity index (χ2v) is 4.49. The number of rotatable bonds is 5. The van der Waals surface area contributed by atoms with Gasteiger partial charge in [0.2, 0.25) is 0 Å². The lowest BCUT2D eigenvalue weighted by molar-refractivity contribution is -0.132. The minimum atomic E-state index is -0.868. The van der Waals surface area contributed by atoms with Gasteiger partial charge >= 0.3 is 5.97 Å². The molecule has 0 saturated heterocycles. The fraction of sp³-hybridized carbons (Fsp3) is 0.273. The van der Waals surface area contributed by atoms with Crippen LogP contribution in [0.1, 0.15) is 13.3 Å². The number of nitrogens with zero attached hydrogens (tertiary/aromatic N) is 3. The Hall–Kier alpha value is -1.89. The standard InChI is InChI=1S/C11H12N4O2S/c1-2-7(11(16)17)3-4-18-10-8-9(13-5-12-8)14-6-15-10/h3,5-6H,2,4H2,1H3,(H,16,17)(H,12,13,14,15). The fourth-order valence-corrected chi connectivity index (χ4v) is 2.31. The number of hydrogen-bond acceptors (Lipinski definition) is 5. The average molecular weight is 264 g/mol. The number of thioether (sulfide) groups is 1. The van der Waals surface area contributed by atoms with Crippen molar-refractivity contribution in [2.75, 3.05) is 5.75 Å². The van der Waals surface area contributed by atoms with Gasteiger partial charge in [-0.25, -0.2) is 19.7 Å². The minimum absolute atomic E-state index is 0.414. The maximum atomic E-state index is 10.8. The molecule has 2 aromatic heterocycles. The Morgan fingerprint density at radius 2 is 2.33 bits per heavy atom. The van der Waals surface area contributed by atoms with E-state index in [9.17, 15) is 4.79 Å². The van der Waals surface area contributed by atoms with E-state index in [1.807, 2.05) is 6.92 Å². The summed E-state index contributed by atoms with van der Waals surface area (Å²) >= 11 is 1.45. The summed E-state index contributed by atoms with van der Waals surface area (Å²) in [6.07, 6.45) is 5.23. The molecule has 2 N–H and O–H groups in total. The normalized spacial score (nSPS) is 11.9. The first-order valence-electron chi connectivity index (χ1n) is 5.41. The predicted octanol–water partition coefficient (Wildman–Crippen LogP) is 1.87. The lowest BCUT2D eigenvalue weighted by Gasteiger charge is -2.00. The SMILES string of the molecule is CCC(=CCSc1ncnc2nc[nH]c12)C(=O)O. The Balaban J connectivity index is 2.11. The van der Waals surface area contributed by atoms with E-state index in [0.29, 0.717) is 23.4 Å². The van der Waals surface area contributed by atoms with Crippen molar-refractivity contribution in [3.8, 4) is 0 Å². The molecule has 0 aliphatic carbocycles. The molecule has 7 heteroatoms. The smallest absolute Gasteiger partial charge is 0.331 e. The first kappa shape index (κ1) is 12.6. The predicted molar refractivity (Wildman–Crippen MR) is 68.4 cm³/mol. The Labute approximate surface area is 108 Å². The highest BCUT2D eigenvalue weighted by Crippen LogP contribution is 2.22. The van der Waals surface area contributed by atoms with Crippen molar-refractivity contribution in [3.05, 3.63) is 24.3 Å². The third kappa shape index (κ3) is 2.67. The molecule has 0 saturated carbocycles. The number of imidazole rings is 1. The second-order valence-electron chi connectivity index (χ2n) is 3.48. The first-order chi connectivity index (χ1) is 8.72. The van der Waals surface area contributed by atoms with E-state index < -0.39 is 5.97 Å². The maximum Gasteiger partial charge on any atom is 0.331 e. The molecule has 2 heterocycles. The van der Waals surface area contributed by atoms with E-state index >= 15 is 0 Å². The van der Waals surface area contributed by atoms with Crippen molar-refractivity contribution in [2.24, 2.45) is 0 Å². The fourth-order valence-electron chi connectivity index (χ4n) is 1.46. The highest BCUT2D eigenvalue weighted by molar-refractivity contribution is 7.99. The number of carboxylic acid groups (broad SMARTS) is 1. The Kier molecular flexibility index (Phi) is 3.93. The highest BCUT2D eigenvalue weighted by Gasteiger charge is 2.07. The summed E-state index contributed by atoms with van der Waals surface area (Å²) in [4.78, 5) is 26.0. The van der Waals surface area contributed by atoms with Crippen molar-refractivity contribution >= 4 is 28.9 Å². The van der Waals surface area contributed by atoms with Crippen molar-refractivity contribution in [1.29, 1.82) is 0 Å². The van der Waals surface area contributed by atoms with Crippen molar-refractivity contribution in [2.45, 2.75) is 18.4 Å². The molecular formula is C11H12N4O2S. The Bertz CT molecular complexity index is 593. The lowest BCUT2D eigenvalue weighted by atomic mass is 10.2. The molecule has 2 aromatic rings. The topological polar surface area (TPSA) is 91.8 Å². The van der Waals surface area contributed by atoms with Crippen molar-refractivity contribution in [3.63, 3.8) is 0 Å². The number of hydrogen-bond donors (Lipinski definition) is 2. The molecule has 0 bridgehead atoms. The summed E-state index contributed by atoms with van der Waals surface area (Å²) in [6.45, 7) is 1.82. The van der Waals surface area contributed by atoms with Gasteiger partial charge in [-0.1, -0.05) is 24.8 Å². The van der Waals surface area contributed by atoms with Gasteiger partial charge in [-0.2, -0.15) is 0 Å². The number of fused-ring (bicyclic) bond motifs is 1. The molecular weight excluding hydrogens is 252 g/mol. The molecule has 0 aromatic carbocycles. The molecule has 0 amide bonds. The van der Waals surface area contributed by atoms with Crippen LogP contribution in [0.5, 0.6) is 0 Å². The zero-order valence-corrected chi connectivity index (χ0v) is 10.6. The number of carboxylic acids is 1. The van der Waals surface area contributed by atoms with Crippen LogP contribution in [-0.2, 0) is 4.79 Å². The van der Waals surface area contributed by atoms with E-state index in [-0.39, 0.29) is 0 Å². The minimum Gasteiger partial charge on any atom is -0.478 e. The van der Waals surface area contributed by atoms with Crippen molar-refractivity contribution < 1.29 is 9.90 Å². The van der Waals surface area contributed by atoms with Gasteiger partial charge < -0.3 is 10.1 Å². The zero-order valence-electron chi connectivity index (χ0n) is 9.75. The van der Waals surface area contributed by atoms with Crippen LogP contribution >= 0.6 is 11.8 Å². The summed E-state index contributed by atoms with van der Waals surface area (Å²) in [7, 11) is 0.